The fourth-order valence-corrected chi connectivity index (χ4v) is 4.55. The lowest BCUT2D eigenvalue weighted by Gasteiger charge is -2.35. The average Bonchev–Trinajstić information content (AvgIpc) is 3.54. The molecule has 0 N–H and O–H groups in total. The van der Waals surface area contributed by atoms with Gasteiger partial charge in [-0.3, -0.25) is 9.69 Å². The zero-order chi connectivity index (χ0) is 24.2. The zero-order valence-corrected chi connectivity index (χ0v) is 19.7. The quantitative estimate of drug-likeness (QED) is 0.393. The molecule has 0 aliphatic carbocycles. The normalized spacial score (nSPS) is 15.5. The molecule has 1 aliphatic heterocycles. The Morgan fingerprint density at radius 2 is 1.71 bits per heavy atom. The minimum absolute atomic E-state index is 0.0200. The number of hydrogen-bond donors (Lipinski definition) is 0. The molecule has 8 nitrogen and oxygen atoms in total. The van der Waals surface area contributed by atoms with Crippen molar-refractivity contribution in [2.45, 2.75) is 32.6 Å². The summed E-state index contributed by atoms with van der Waals surface area (Å²) >= 11 is 0. The van der Waals surface area contributed by atoms with E-state index in [4.69, 9.17) is 0 Å². The molecule has 2 aromatic carbocycles. The van der Waals surface area contributed by atoms with Crippen LogP contribution < -0.4 is 0 Å². The van der Waals surface area contributed by atoms with Gasteiger partial charge in [0.1, 0.15) is 18.5 Å². The van der Waals surface area contributed by atoms with Crippen LogP contribution in [0.25, 0.3) is 0 Å². The number of nitrogens with zero attached hydrogens (tertiary/aromatic N) is 7. The summed E-state index contributed by atoms with van der Waals surface area (Å²) < 4.78 is 17.2. The van der Waals surface area contributed by atoms with E-state index in [0.717, 1.165) is 28.9 Å². The Kier molecular flexibility index (Phi) is 6.67. The van der Waals surface area contributed by atoms with E-state index in [-0.39, 0.29) is 17.8 Å². The van der Waals surface area contributed by atoms with Gasteiger partial charge in [0.25, 0.3) is 0 Å². The number of imidazole rings is 1. The maximum atomic E-state index is 13.3. The molecule has 0 radical (unpaired) electrons. The van der Waals surface area contributed by atoms with Crippen LogP contribution in [0.4, 0.5) is 4.39 Å². The van der Waals surface area contributed by atoms with Crippen molar-refractivity contribution >= 4 is 5.91 Å². The van der Waals surface area contributed by atoms with E-state index in [1.54, 1.807) is 29.5 Å². The fourth-order valence-electron chi connectivity index (χ4n) is 4.55. The Bertz CT molecular complexity index is 1270. The van der Waals surface area contributed by atoms with Gasteiger partial charge in [-0.05, 0) is 35.7 Å². The highest BCUT2D eigenvalue weighted by molar-refractivity contribution is 5.79. The molecule has 180 valence electrons. The standard InChI is InChI=1S/C26H28FN7O/c1-20(21-6-8-24(27)9-7-21)34-19-28-12-25(34)15-31-10-11-32(26(35)16-31)13-22-4-2-3-5-23(22)14-33-18-29-17-30-33/h2-9,12,17-20H,10-11,13-16H2,1H3/t20-/m1/s1. The molecule has 5 rings (SSSR count). The third-order valence-corrected chi connectivity index (χ3v) is 6.58. The minimum Gasteiger partial charge on any atom is -0.336 e. The van der Waals surface area contributed by atoms with Crippen molar-refractivity contribution in [2.24, 2.45) is 0 Å². The first kappa shape index (κ1) is 22.9. The molecule has 35 heavy (non-hydrogen) atoms. The van der Waals surface area contributed by atoms with E-state index >= 15 is 0 Å². The van der Waals surface area contributed by atoms with Crippen LogP contribution in [0.1, 0.15) is 35.3 Å². The average molecular weight is 474 g/mol. The van der Waals surface area contributed by atoms with Crippen LogP contribution in [0.5, 0.6) is 0 Å². The number of rotatable bonds is 8. The molecule has 3 heterocycles. The fraction of sp³-hybridized carbons (Fsp3) is 0.308. The van der Waals surface area contributed by atoms with E-state index in [2.05, 4.69) is 43.6 Å². The largest absolute Gasteiger partial charge is 0.336 e. The number of carbonyl (C=O) groups is 1. The molecule has 1 atom stereocenters. The summed E-state index contributed by atoms with van der Waals surface area (Å²) in [6.45, 7) is 5.72. The van der Waals surface area contributed by atoms with Crippen molar-refractivity contribution in [3.8, 4) is 0 Å². The van der Waals surface area contributed by atoms with E-state index < -0.39 is 0 Å². The number of amides is 1. The maximum absolute atomic E-state index is 13.3. The highest BCUT2D eigenvalue weighted by Crippen LogP contribution is 2.22. The van der Waals surface area contributed by atoms with Crippen molar-refractivity contribution in [2.75, 3.05) is 19.6 Å². The van der Waals surface area contributed by atoms with Gasteiger partial charge in [0.05, 0.1) is 31.2 Å². The molecule has 0 spiro atoms. The molecule has 2 aromatic heterocycles. The molecular formula is C26H28FN7O. The first-order valence-electron chi connectivity index (χ1n) is 11.7. The molecule has 1 saturated heterocycles. The summed E-state index contributed by atoms with van der Waals surface area (Å²) in [6.07, 6.45) is 6.87. The second-order valence-corrected chi connectivity index (χ2v) is 8.91. The van der Waals surface area contributed by atoms with Crippen LogP contribution >= 0.6 is 0 Å². The van der Waals surface area contributed by atoms with Gasteiger partial charge >= 0.3 is 0 Å². The monoisotopic (exact) mass is 473 g/mol. The maximum Gasteiger partial charge on any atom is 0.237 e. The lowest BCUT2D eigenvalue weighted by Crippen LogP contribution is -2.49. The van der Waals surface area contributed by atoms with Gasteiger partial charge in [0.2, 0.25) is 5.91 Å². The topological polar surface area (TPSA) is 72.1 Å². The van der Waals surface area contributed by atoms with Gasteiger partial charge < -0.3 is 9.47 Å². The first-order chi connectivity index (χ1) is 17.1. The molecule has 1 aliphatic rings. The third-order valence-electron chi connectivity index (χ3n) is 6.58. The SMILES string of the molecule is C[C@H](c1ccc(F)cc1)n1cncc1CN1CCN(Cc2ccccc2Cn2cncn2)C(=O)C1. The van der Waals surface area contributed by atoms with Crippen molar-refractivity contribution in [3.63, 3.8) is 0 Å². The van der Waals surface area contributed by atoms with Gasteiger partial charge in [-0.1, -0.05) is 36.4 Å². The Morgan fingerprint density at radius 1 is 0.943 bits per heavy atom. The molecule has 1 fully saturated rings. The Morgan fingerprint density at radius 3 is 2.43 bits per heavy atom. The molecule has 1 amide bonds. The van der Waals surface area contributed by atoms with E-state index in [9.17, 15) is 9.18 Å². The van der Waals surface area contributed by atoms with Crippen LogP contribution in [0.2, 0.25) is 0 Å². The van der Waals surface area contributed by atoms with Crippen molar-refractivity contribution in [3.05, 3.63) is 102 Å². The van der Waals surface area contributed by atoms with Gasteiger partial charge in [-0.25, -0.2) is 19.0 Å². The van der Waals surface area contributed by atoms with Crippen LogP contribution in [0.3, 0.4) is 0 Å². The summed E-state index contributed by atoms with van der Waals surface area (Å²) in [7, 11) is 0. The number of carbonyl (C=O) groups excluding carboxylic acids is 1. The van der Waals surface area contributed by atoms with Crippen LogP contribution in [0.15, 0.2) is 73.7 Å². The number of piperazine rings is 1. The zero-order valence-electron chi connectivity index (χ0n) is 19.7. The van der Waals surface area contributed by atoms with E-state index in [0.29, 0.717) is 32.7 Å². The molecule has 4 aromatic rings. The second kappa shape index (κ2) is 10.2. The summed E-state index contributed by atoms with van der Waals surface area (Å²) in [4.78, 5) is 25.5. The molecule has 0 bridgehead atoms. The molecular weight excluding hydrogens is 445 g/mol. The lowest BCUT2D eigenvalue weighted by atomic mass is 10.1. The first-order valence-corrected chi connectivity index (χ1v) is 11.7. The van der Waals surface area contributed by atoms with Crippen LogP contribution in [0, 0.1) is 5.82 Å². The Labute approximate surface area is 203 Å². The molecule has 9 heteroatoms. The van der Waals surface area contributed by atoms with Gasteiger partial charge in [-0.15, -0.1) is 0 Å². The minimum atomic E-state index is -0.246. The van der Waals surface area contributed by atoms with Gasteiger partial charge in [-0.2, -0.15) is 5.10 Å². The highest BCUT2D eigenvalue weighted by atomic mass is 19.1. The third kappa shape index (κ3) is 5.30. The predicted octanol–water partition coefficient (Wildman–Crippen LogP) is 3.12. The number of halogens is 1. The van der Waals surface area contributed by atoms with Crippen molar-refractivity contribution in [1.29, 1.82) is 0 Å². The van der Waals surface area contributed by atoms with E-state index in [1.807, 2.05) is 23.2 Å². The lowest BCUT2D eigenvalue weighted by molar-refractivity contribution is -0.136. The summed E-state index contributed by atoms with van der Waals surface area (Å²) in [5, 5.41) is 4.20. The molecule has 0 saturated carbocycles. The Hall–Kier alpha value is -3.85. The summed E-state index contributed by atoms with van der Waals surface area (Å²) in [5.74, 6) is -0.131. The number of aromatic nitrogens is 5. The van der Waals surface area contributed by atoms with Gasteiger partial charge in [0, 0.05) is 32.4 Å². The van der Waals surface area contributed by atoms with Crippen molar-refractivity contribution < 1.29 is 9.18 Å². The highest BCUT2D eigenvalue weighted by Gasteiger charge is 2.26. The second-order valence-electron chi connectivity index (χ2n) is 8.91. The summed E-state index contributed by atoms with van der Waals surface area (Å²) in [5.41, 5.74) is 4.29. The number of benzene rings is 2. The van der Waals surface area contributed by atoms with E-state index in [1.165, 1.54) is 18.5 Å². The predicted molar refractivity (Wildman–Crippen MR) is 129 cm³/mol. The smallest absolute Gasteiger partial charge is 0.237 e. The van der Waals surface area contributed by atoms with Gasteiger partial charge in [0.15, 0.2) is 0 Å². The number of hydrogen-bond acceptors (Lipinski definition) is 5. The molecule has 0 unspecified atom stereocenters. The van der Waals surface area contributed by atoms with Crippen LogP contribution in [-0.2, 0) is 24.4 Å². The van der Waals surface area contributed by atoms with Crippen molar-refractivity contribution in [1.82, 2.24) is 34.1 Å². The van der Waals surface area contributed by atoms with Crippen LogP contribution in [-0.4, -0.2) is 59.7 Å². The Balaban J connectivity index is 1.22. The summed E-state index contributed by atoms with van der Waals surface area (Å²) in [6, 6.07) is 14.7.